The van der Waals surface area contributed by atoms with Crippen molar-refractivity contribution in [3.8, 4) is 0 Å². The van der Waals surface area contributed by atoms with Crippen LogP contribution < -0.4 is 4.90 Å². The van der Waals surface area contributed by atoms with E-state index in [2.05, 4.69) is 37.8 Å². The number of benzene rings is 1. The lowest BCUT2D eigenvalue weighted by Gasteiger charge is -2.30. The maximum atomic E-state index is 9.09. The normalized spacial score (nSPS) is 21.3. The molecule has 0 spiro atoms. The summed E-state index contributed by atoms with van der Waals surface area (Å²) in [5, 5.41) is 9.09. The van der Waals surface area contributed by atoms with Gasteiger partial charge in [0.1, 0.15) is 0 Å². The number of hydrogen-bond donors (Lipinski definition) is 1. The Morgan fingerprint density at radius 2 is 1.79 bits per heavy atom. The summed E-state index contributed by atoms with van der Waals surface area (Å²) in [6, 6.07) is 8.34. The average molecular weight is 261 g/mol. The van der Waals surface area contributed by atoms with E-state index in [-0.39, 0.29) is 6.61 Å². The molecule has 1 atom stereocenters. The van der Waals surface area contributed by atoms with Gasteiger partial charge in [-0.1, -0.05) is 32.9 Å². The number of aliphatic hydroxyl groups is 1. The Labute approximate surface area is 117 Å². The van der Waals surface area contributed by atoms with Crippen LogP contribution >= 0.6 is 0 Å². The molecule has 1 aromatic carbocycles. The molecular weight excluding hydrogens is 234 g/mol. The summed E-state index contributed by atoms with van der Waals surface area (Å²) in [5.41, 5.74) is 2.72. The van der Waals surface area contributed by atoms with E-state index in [4.69, 9.17) is 5.11 Å². The molecule has 1 saturated heterocycles. The highest BCUT2D eigenvalue weighted by atomic mass is 16.3. The van der Waals surface area contributed by atoms with Gasteiger partial charge in [0, 0.05) is 18.8 Å². The summed E-state index contributed by atoms with van der Waals surface area (Å²) in [6.45, 7) is 9.54. The first-order valence-electron chi connectivity index (χ1n) is 7.45. The first kappa shape index (κ1) is 14.4. The van der Waals surface area contributed by atoms with Crippen molar-refractivity contribution in [2.24, 2.45) is 11.3 Å². The maximum absolute atomic E-state index is 9.09. The van der Waals surface area contributed by atoms with Gasteiger partial charge in [-0.25, -0.2) is 0 Å². The fraction of sp³-hybridized carbons (Fsp3) is 0.647. The second kappa shape index (κ2) is 5.96. The largest absolute Gasteiger partial charge is 0.392 e. The Hall–Kier alpha value is -1.02. The molecule has 0 bridgehead atoms. The van der Waals surface area contributed by atoms with Gasteiger partial charge in [-0.05, 0) is 48.3 Å². The van der Waals surface area contributed by atoms with Crippen LogP contribution in [0.3, 0.4) is 0 Å². The van der Waals surface area contributed by atoms with E-state index in [1.807, 2.05) is 12.1 Å². The van der Waals surface area contributed by atoms with Crippen LogP contribution in [0.15, 0.2) is 24.3 Å². The van der Waals surface area contributed by atoms with Crippen LogP contribution in [0.25, 0.3) is 0 Å². The first-order chi connectivity index (χ1) is 9.00. The van der Waals surface area contributed by atoms with Gasteiger partial charge in [-0.15, -0.1) is 0 Å². The highest BCUT2D eigenvalue weighted by Crippen LogP contribution is 2.35. The van der Waals surface area contributed by atoms with Gasteiger partial charge in [0.25, 0.3) is 0 Å². The fourth-order valence-corrected chi connectivity index (χ4v) is 3.03. The number of nitrogens with zero attached hydrogens (tertiary/aromatic N) is 1. The third-order valence-electron chi connectivity index (χ3n) is 4.44. The highest BCUT2D eigenvalue weighted by molar-refractivity contribution is 5.47. The zero-order valence-electron chi connectivity index (χ0n) is 12.5. The van der Waals surface area contributed by atoms with Gasteiger partial charge in [-0.3, -0.25) is 0 Å². The summed E-state index contributed by atoms with van der Waals surface area (Å²) in [4.78, 5) is 2.49. The summed E-state index contributed by atoms with van der Waals surface area (Å²) in [6.07, 6.45) is 3.91. The summed E-state index contributed by atoms with van der Waals surface area (Å²) < 4.78 is 0. The van der Waals surface area contributed by atoms with Crippen molar-refractivity contribution >= 4 is 5.69 Å². The van der Waals surface area contributed by atoms with Crippen LogP contribution in [0.2, 0.25) is 0 Å². The van der Waals surface area contributed by atoms with E-state index in [0.717, 1.165) is 24.6 Å². The molecule has 19 heavy (non-hydrogen) atoms. The number of anilines is 1. The predicted octanol–water partition coefficient (Wildman–Crippen LogP) is 3.83. The zero-order chi connectivity index (χ0) is 13.9. The first-order valence-corrected chi connectivity index (χ1v) is 7.45. The molecule has 1 aromatic rings. The van der Waals surface area contributed by atoms with E-state index >= 15 is 0 Å². The van der Waals surface area contributed by atoms with E-state index in [9.17, 15) is 0 Å². The fourth-order valence-electron chi connectivity index (χ4n) is 3.03. The van der Waals surface area contributed by atoms with Gasteiger partial charge in [-0.2, -0.15) is 0 Å². The lowest BCUT2D eigenvalue weighted by atomic mass is 9.77. The van der Waals surface area contributed by atoms with Crippen LogP contribution in [-0.2, 0) is 6.61 Å². The van der Waals surface area contributed by atoms with E-state index < -0.39 is 0 Å². The van der Waals surface area contributed by atoms with Gasteiger partial charge in [0.15, 0.2) is 0 Å². The van der Waals surface area contributed by atoms with Crippen LogP contribution in [0, 0.1) is 11.3 Å². The van der Waals surface area contributed by atoms with E-state index in [1.165, 1.54) is 24.9 Å². The Kier molecular flexibility index (Phi) is 4.51. The Morgan fingerprint density at radius 3 is 2.37 bits per heavy atom. The van der Waals surface area contributed by atoms with Crippen molar-refractivity contribution in [2.45, 2.75) is 46.6 Å². The van der Waals surface area contributed by atoms with Gasteiger partial charge in [0.05, 0.1) is 6.61 Å². The molecule has 0 radical (unpaired) electrons. The molecule has 1 N–H and O–H groups in total. The van der Waals surface area contributed by atoms with Gasteiger partial charge in [0.2, 0.25) is 0 Å². The number of hydrogen-bond acceptors (Lipinski definition) is 2. The summed E-state index contributed by atoms with van der Waals surface area (Å²) in [7, 11) is 0. The summed E-state index contributed by atoms with van der Waals surface area (Å²) in [5.74, 6) is 0.828. The Bertz CT molecular complexity index is 391. The van der Waals surface area contributed by atoms with E-state index in [1.54, 1.807) is 0 Å². The second-order valence-corrected chi connectivity index (χ2v) is 6.81. The quantitative estimate of drug-likeness (QED) is 0.874. The van der Waals surface area contributed by atoms with Crippen molar-refractivity contribution in [3.05, 3.63) is 29.8 Å². The molecular formula is C17H27NO. The molecule has 2 rings (SSSR count). The molecule has 0 aliphatic carbocycles. The zero-order valence-corrected chi connectivity index (χ0v) is 12.5. The predicted molar refractivity (Wildman–Crippen MR) is 81.4 cm³/mol. The molecule has 2 nitrogen and oxygen atoms in total. The van der Waals surface area contributed by atoms with Crippen molar-refractivity contribution < 1.29 is 5.11 Å². The lowest BCUT2D eigenvalue weighted by molar-refractivity contribution is 0.220. The minimum atomic E-state index is 0.131. The Balaban J connectivity index is 2.02. The molecule has 1 aliphatic heterocycles. The molecule has 0 amide bonds. The third kappa shape index (κ3) is 3.73. The van der Waals surface area contributed by atoms with Crippen molar-refractivity contribution in [1.82, 2.24) is 0 Å². The molecule has 0 saturated carbocycles. The number of rotatable bonds is 2. The van der Waals surface area contributed by atoms with Gasteiger partial charge >= 0.3 is 0 Å². The standard InChI is InChI=1S/C17H27NO/c1-17(2,3)15-5-4-11-18(12-10-15)16-8-6-14(13-19)7-9-16/h6-9,15,19H,4-5,10-13H2,1-3H3. The molecule has 0 aromatic heterocycles. The van der Waals surface area contributed by atoms with Crippen LogP contribution in [0.1, 0.15) is 45.6 Å². The van der Waals surface area contributed by atoms with Crippen molar-refractivity contribution in [1.29, 1.82) is 0 Å². The van der Waals surface area contributed by atoms with Crippen LogP contribution in [0.4, 0.5) is 5.69 Å². The smallest absolute Gasteiger partial charge is 0.0681 e. The Morgan fingerprint density at radius 1 is 1.11 bits per heavy atom. The van der Waals surface area contributed by atoms with Gasteiger partial charge < -0.3 is 10.0 Å². The molecule has 106 valence electrons. The molecule has 1 heterocycles. The van der Waals surface area contributed by atoms with E-state index in [0.29, 0.717) is 5.41 Å². The van der Waals surface area contributed by atoms with Crippen LogP contribution in [-0.4, -0.2) is 18.2 Å². The minimum absolute atomic E-state index is 0.131. The minimum Gasteiger partial charge on any atom is -0.392 e. The molecule has 1 aliphatic rings. The molecule has 2 heteroatoms. The monoisotopic (exact) mass is 261 g/mol. The second-order valence-electron chi connectivity index (χ2n) is 6.81. The van der Waals surface area contributed by atoms with Crippen molar-refractivity contribution in [2.75, 3.05) is 18.0 Å². The molecule has 1 unspecified atom stereocenters. The SMILES string of the molecule is CC(C)(C)C1CCCN(c2ccc(CO)cc2)CC1. The van der Waals surface area contributed by atoms with Crippen molar-refractivity contribution in [3.63, 3.8) is 0 Å². The van der Waals surface area contributed by atoms with Crippen LogP contribution in [0.5, 0.6) is 0 Å². The summed E-state index contributed by atoms with van der Waals surface area (Å²) >= 11 is 0. The highest BCUT2D eigenvalue weighted by Gasteiger charge is 2.26. The third-order valence-corrected chi connectivity index (χ3v) is 4.44. The number of aliphatic hydroxyl groups excluding tert-OH is 1. The lowest BCUT2D eigenvalue weighted by Crippen LogP contribution is -2.26. The molecule has 1 fully saturated rings. The topological polar surface area (TPSA) is 23.5 Å². The maximum Gasteiger partial charge on any atom is 0.0681 e. The average Bonchev–Trinajstić information content (AvgIpc) is 2.64.